The highest BCUT2D eigenvalue weighted by Crippen LogP contribution is 2.27. The standard InChI is InChI=1S/C19H17NO4/c1-3-6-13-9-14-18(10-17(13)24-12(2)21)23-11-15(19(14)22)16-7-4-5-8-20-16/h4-5,7-11H,3,6H2,1-2H3. The summed E-state index contributed by atoms with van der Waals surface area (Å²) in [5.41, 5.74) is 2.02. The summed E-state index contributed by atoms with van der Waals surface area (Å²) in [4.78, 5) is 28.3. The van der Waals surface area contributed by atoms with Crippen molar-refractivity contribution in [3.05, 3.63) is 58.6 Å². The molecule has 1 aromatic carbocycles. The first kappa shape index (κ1) is 15.9. The number of esters is 1. The lowest BCUT2D eigenvalue weighted by Gasteiger charge is -2.10. The maximum absolute atomic E-state index is 12.8. The predicted molar refractivity (Wildman–Crippen MR) is 91.0 cm³/mol. The molecule has 3 aromatic rings. The van der Waals surface area contributed by atoms with E-state index in [-0.39, 0.29) is 5.43 Å². The molecule has 0 aliphatic carbocycles. The summed E-state index contributed by atoms with van der Waals surface area (Å²) in [6.07, 6.45) is 4.59. The van der Waals surface area contributed by atoms with E-state index in [2.05, 4.69) is 4.98 Å². The van der Waals surface area contributed by atoms with Crippen LogP contribution in [0, 0.1) is 0 Å². The summed E-state index contributed by atoms with van der Waals surface area (Å²) in [5.74, 6) is 0.0322. The molecule has 0 N–H and O–H groups in total. The highest BCUT2D eigenvalue weighted by molar-refractivity contribution is 5.84. The monoisotopic (exact) mass is 323 g/mol. The molecule has 0 spiro atoms. The first-order valence-electron chi connectivity index (χ1n) is 7.78. The molecule has 5 heteroatoms. The topological polar surface area (TPSA) is 69.4 Å². The van der Waals surface area contributed by atoms with Gasteiger partial charge in [-0.2, -0.15) is 0 Å². The predicted octanol–water partition coefficient (Wildman–Crippen LogP) is 3.73. The Bertz CT molecular complexity index is 945. The molecule has 122 valence electrons. The fourth-order valence-corrected chi connectivity index (χ4v) is 2.62. The number of aryl methyl sites for hydroxylation is 1. The van der Waals surface area contributed by atoms with E-state index in [1.165, 1.54) is 13.2 Å². The maximum atomic E-state index is 12.8. The summed E-state index contributed by atoms with van der Waals surface area (Å²) in [7, 11) is 0. The number of hydrogen-bond acceptors (Lipinski definition) is 5. The second kappa shape index (κ2) is 6.66. The fraction of sp³-hybridized carbons (Fsp3) is 0.211. The molecule has 0 amide bonds. The number of benzene rings is 1. The van der Waals surface area contributed by atoms with Crippen molar-refractivity contribution in [2.24, 2.45) is 0 Å². The van der Waals surface area contributed by atoms with Crippen molar-refractivity contribution in [1.82, 2.24) is 4.98 Å². The molecule has 0 saturated carbocycles. The molecule has 0 aliphatic rings. The van der Waals surface area contributed by atoms with Crippen molar-refractivity contribution in [3.63, 3.8) is 0 Å². The van der Waals surface area contributed by atoms with E-state index in [1.807, 2.05) is 13.0 Å². The van der Waals surface area contributed by atoms with Crippen LogP contribution in [0.1, 0.15) is 25.8 Å². The summed E-state index contributed by atoms with van der Waals surface area (Å²) in [6.45, 7) is 3.37. The maximum Gasteiger partial charge on any atom is 0.308 e. The summed E-state index contributed by atoms with van der Waals surface area (Å²) in [6, 6.07) is 8.72. The van der Waals surface area contributed by atoms with Gasteiger partial charge in [0, 0.05) is 19.2 Å². The zero-order chi connectivity index (χ0) is 17.1. The van der Waals surface area contributed by atoms with E-state index in [1.54, 1.807) is 30.5 Å². The van der Waals surface area contributed by atoms with Crippen LogP contribution in [0.15, 0.2) is 52.0 Å². The average Bonchev–Trinajstić information content (AvgIpc) is 2.57. The van der Waals surface area contributed by atoms with Gasteiger partial charge >= 0.3 is 5.97 Å². The second-order valence-corrected chi connectivity index (χ2v) is 5.49. The zero-order valence-electron chi connectivity index (χ0n) is 13.5. The molecule has 0 saturated heterocycles. The van der Waals surface area contributed by atoms with Crippen LogP contribution < -0.4 is 10.2 Å². The lowest BCUT2D eigenvalue weighted by Crippen LogP contribution is -2.08. The van der Waals surface area contributed by atoms with Gasteiger partial charge in [-0.25, -0.2) is 0 Å². The molecular formula is C19H17NO4. The van der Waals surface area contributed by atoms with E-state index >= 15 is 0 Å². The van der Waals surface area contributed by atoms with Gasteiger partial charge in [0.15, 0.2) is 0 Å². The van der Waals surface area contributed by atoms with Crippen molar-refractivity contribution in [2.75, 3.05) is 0 Å². The molecule has 5 nitrogen and oxygen atoms in total. The Balaban J connectivity index is 2.21. The molecule has 0 bridgehead atoms. The van der Waals surface area contributed by atoms with Crippen molar-refractivity contribution < 1.29 is 13.9 Å². The third-order valence-corrected chi connectivity index (χ3v) is 3.67. The molecule has 2 aromatic heterocycles. The molecule has 3 rings (SSSR count). The Morgan fingerprint density at radius 3 is 2.79 bits per heavy atom. The quantitative estimate of drug-likeness (QED) is 0.540. The van der Waals surface area contributed by atoms with Crippen LogP contribution in [0.4, 0.5) is 0 Å². The Morgan fingerprint density at radius 2 is 2.12 bits per heavy atom. The second-order valence-electron chi connectivity index (χ2n) is 5.49. The highest BCUT2D eigenvalue weighted by Gasteiger charge is 2.14. The number of carbonyl (C=O) groups is 1. The summed E-state index contributed by atoms with van der Waals surface area (Å²) >= 11 is 0. The van der Waals surface area contributed by atoms with Gasteiger partial charge < -0.3 is 9.15 Å². The average molecular weight is 323 g/mol. The van der Waals surface area contributed by atoms with Crippen LogP contribution in [-0.4, -0.2) is 11.0 Å². The molecule has 2 heterocycles. The minimum Gasteiger partial charge on any atom is -0.463 e. The van der Waals surface area contributed by atoms with Gasteiger partial charge in [0.25, 0.3) is 0 Å². The van der Waals surface area contributed by atoms with E-state index in [9.17, 15) is 9.59 Å². The first-order chi connectivity index (χ1) is 11.6. The lowest BCUT2D eigenvalue weighted by atomic mass is 10.0. The molecule has 0 aliphatic heterocycles. The summed E-state index contributed by atoms with van der Waals surface area (Å²) in [5, 5.41) is 0.456. The number of rotatable bonds is 4. The van der Waals surface area contributed by atoms with E-state index < -0.39 is 5.97 Å². The smallest absolute Gasteiger partial charge is 0.308 e. The third kappa shape index (κ3) is 3.06. The number of nitrogens with zero attached hydrogens (tertiary/aromatic N) is 1. The van der Waals surface area contributed by atoms with Gasteiger partial charge in [-0.15, -0.1) is 0 Å². The Kier molecular flexibility index (Phi) is 4.42. The normalized spacial score (nSPS) is 10.8. The SMILES string of the molecule is CCCc1cc2c(=O)c(-c3ccccn3)coc2cc1OC(C)=O. The van der Waals surface area contributed by atoms with Crippen molar-refractivity contribution >= 4 is 16.9 Å². The van der Waals surface area contributed by atoms with Crippen molar-refractivity contribution in [1.29, 1.82) is 0 Å². The molecule has 24 heavy (non-hydrogen) atoms. The highest BCUT2D eigenvalue weighted by atomic mass is 16.5. The minimum absolute atomic E-state index is 0.151. The van der Waals surface area contributed by atoms with Crippen LogP contribution in [-0.2, 0) is 11.2 Å². The van der Waals surface area contributed by atoms with Crippen LogP contribution in [0.2, 0.25) is 0 Å². The largest absolute Gasteiger partial charge is 0.463 e. The molecule has 0 atom stereocenters. The van der Waals surface area contributed by atoms with Crippen LogP contribution in [0.25, 0.3) is 22.2 Å². The number of carbonyl (C=O) groups excluding carboxylic acids is 1. The van der Waals surface area contributed by atoms with Crippen LogP contribution in [0.3, 0.4) is 0 Å². The van der Waals surface area contributed by atoms with E-state index in [0.29, 0.717) is 34.4 Å². The van der Waals surface area contributed by atoms with Crippen molar-refractivity contribution in [3.8, 4) is 17.0 Å². The number of pyridine rings is 1. The molecular weight excluding hydrogens is 306 g/mol. The van der Waals surface area contributed by atoms with Gasteiger partial charge in [0.1, 0.15) is 17.6 Å². The third-order valence-electron chi connectivity index (χ3n) is 3.67. The minimum atomic E-state index is -0.404. The van der Waals surface area contributed by atoms with Gasteiger partial charge in [0.05, 0.1) is 16.6 Å². The van der Waals surface area contributed by atoms with Crippen molar-refractivity contribution in [2.45, 2.75) is 26.7 Å². The van der Waals surface area contributed by atoms with Gasteiger partial charge in [-0.1, -0.05) is 19.4 Å². The van der Waals surface area contributed by atoms with Gasteiger partial charge in [0.2, 0.25) is 5.43 Å². The number of hydrogen-bond donors (Lipinski definition) is 0. The fourth-order valence-electron chi connectivity index (χ4n) is 2.62. The lowest BCUT2D eigenvalue weighted by molar-refractivity contribution is -0.131. The number of aromatic nitrogens is 1. The number of fused-ring (bicyclic) bond motifs is 1. The van der Waals surface area contributed by atoms with E-state index in [0.717, 1.165) is 12.0 Å². The number of ether oxygens (including phenoxy) is 1. The first-order valence-corrected chi connectivity index (χ1v) is 7.78. The van der Waals surface area contributed by atoms with E-state index in [4.69, 9.17) is 9.15 Å². The summed E-state index contributed by atoms with van der Waals surface area (Å²) < 4.78 is 10.8. The van der Waals surface area contributed by atoms with Crippen LogP contribution >= 0.6 is 0 Å². The van der Waals surface area contributed by atoms with Crippen LogP contribution in [0.5, 0.6) is 5.75 Å². The Labute approximate surface area is 138 Å². The Morgan fingerprint density at radius 1 is 1.29 bits per heavy atom. The molecule has 0 unspecified atom stereocenters. The Hall–Kier alpha value is -2.95. The molecule has 0 radical (unpaired) electrons. The van der Waals surface area contributed by atoms with Gasteiger partial charge in [-0.3, -0.25) is 14.6 Å². The zero-order valence-corrected chi connectivity index (χ0v) is 13.5. The van der Waals surface area contributed by atoms with Gasteiger partial charge in [-0.05, 0) is 30.2 Å². The molecule has 0 fully saturated rings.